The van der Waals surface area contributed by atoms with Crippen LogP contribution in [0.3, 0.4) is 0 Å². The topological polar surface area (TPSA) is 41.6 Å². The highest BCUT2D eigenvalue weighted by Crippen LogP contribution is 2.20. The zero-order valence-electron chi connectivity index (χ0n) is 11.8. The molecule has 0 bridgehead atoms. The lowest BCUT2D eigenvalue weighted by molar-refractivity contribution is 0.0601. The molecule has 2 rings (SSSR count). The van der Waals surface area contributed by atoms with Gasteiger partial charge in [-0.2, -0.15) is 0 Å². The smallest absolute Gasteiger partial charge is 0.337 e. The maximum absolute atomic E-state index is 11.6. The fourth-order valence-electron chi connectivity index (χ4n) is 2.41. The van der Waals surface area contributed by atoms with E-state index in [4.69, 9.17) is 4.74 Å². The molecule has 4 nitrogen and oxygen atoms in total. The fraction of sp³-hybridized carbons (Fsp3) is 0.533. The molecule has 0 radical (unpaired) electrons. The van der Waals surface area contributed by atoms with Gasteiger partial charge in [0.2, 0.25) is 0 Å². The Morgan fingerprint density at radius 1 is 1.47 bits per heavy atom. The van der Waals surface area contributed by atoms with Gasteiger partial charge in [-0.15, -0.1) is 0 Å². The van der Waals surface area contributed by atoms with E-state index in [2.05, 4.69) is 30.1 Å². The molecule has 1 aliphatic heterocycles. The molecule has 4 heteroatoms. The van der Waals surface area contributed by atoms with Crippen molar-refractivity contribution in [3.05, 3.63) is 29.8 Å². The first-order chi connectivity index (χ1) is 9.11. The Bertz CT molecular complexity index is 446. The highest BCUT2D eigenvalue weighted by molar-refractivity contribution is 5.90. The highest BCUT2D eigenvalue weighted by atomic mass is 16.5. The van der Waals surface area contributed by atoms with Crippen LogP contribution in [0.5, 0.6) is 0 Å². The third kappa shape index (κ3) is 3.26. The van der Waals surface area contributed by atoms with Crippen LogP contribution in [-0.4, -0.2) is 38.8 Å². The molecular formula is C15H22N2O2. The van der Waals surface area contributed by atoms with Crippen molar-refractivity contribution in [2.24, 2.45) is 5.92 Å². The van der Waals surface area contributed by atoms with Gasteiger partial charge in [-0.25, -0.2) is 4.79 Å². The Kier molecular flexibility index (Phi) is 4.43. The van der Waals surface area contributed by atoms with Gasteiger partial charge in [-0.05, 0) is 24.1 Å². The number of methoxy groups -OCH3 is 1. The van der Waals surface area contributed by atoms with Gasteiger partial charge >= 0.3 is 5.97 Å². The molecule has 0 unspecified atom stereocenters. The van der Waals surface area contributed by atoms with E-state index in [-0.39, 0.29) is 5.97 Å². The molecule has 1 saturated heterocycles. The summed E-state index contributed by atoms with van der Waals surface area (Å²) in [6.45, 7) is 7.37. The van der Waals surface area contributed by atoms with Crippen LogP contribution < -0.4 is 10.2 Å². The summed E-state index contributed by atoms with van der Waals surface area (Å²) < 4.78 is 4.77. The maximum Gasteiger partial charge on any atom is 0.337 e. The molecule has 0 amide bonds. The number of piperazine rings is 1. The Labute approximate surface area is 114 Å². The van der Waals surface area contributed by atoms with Crippen molar-refractivity contribution in [1.29, 1.82) is 0 Å². The summed E-state index contributed by atoms with van der Waals surface area (Å²) in [5.74, 6) is 0.323. The van der Waals surface area contributed by atoms with Crippen LogP contribution >= 0.6 is 0 Å². The molecule has 1 aromatic rings. The number of benzene rings is 1. The van der Waals surface area contributed by atoms with Gasteiger partial charge < -0.3 is 15.0 Å². The second-order valence-electron chi connectivity index (χ2n) is 5.29. The lowest BCUT2D eigenvalue weighted by atomic mass is 10.0. The Morgan fingerprint density at radius 3 is 2.95 bits per heavy atom. The van der Waals surface area contributed by atoms with Crippen LogP contribution in [0.15, 0.2) is 24.3 Å². The summed E-state index contributed by atoms with van der Waals surface area (Å²) in [6.07, 6.45) is 0. The molecule has 0 aromatic heterocycles. The molecule has 0 spiro atoms. The van der Waals surface area contributed by atoms with Gasteiger partial charge in [-0.3, -0.25) is 0 Å². The summed E-state index contributed by atoms with van der Waals surface area (Å²) in [5.41, 5.74) is 1.70. The van der Waals surface area contributed by atoms with E-state index in [0.717, 1.165) is 25.3 Å². The highest BCUT2D eigenvalue weighted by Gasteiger charge is 2.22. The van der Waals surface area contributed by atoms with E-state index in [1.807, 2.05) is 12.1 Å². The molecule has 0 aliphatic carbocycles. The molecule has 1 N–H and O–H groups in total. The van der Waals surface area contributed by atoms with Gasteiger partial charge in [0.1, 0.15) is 0 Å². The minimum atomic E-state index is -0.280. The van der Waals surface area contributed by atoms with Crippen molar-refractivity contribution in [3.63, 3.8) is 0 Å². The third-order valence-electron chi connectivity index (χ3n) is 3.64. The fourth-order valence-corrected chi connectivity index (χ4v) is 2.41. The number of nitrogens with zero attached hydrogens (tertiary/aromatic N) is 1. The lowest BCUT2D eigenvalue weighted by Crippen LogP contribution is -2.53. The Morgan fingerprint density at radius 2 is 2.26 bits per heavy atom. The number of ether oxygens (including phenoxy) is 1. The summed E-state index contributed by atoms with van der Waals surface area (Å²) in [5, 5.41) is 3.53. The molecule has 1 fully saturated rings. The first-order valence-electron chi connectivity index (χ1n) is 6.78. The predicted molar refractivity (Wildman–Crippen MR) is 76.6 cm³/mol. The Balaban J connectivity index is 2.15. The summed E-state index contributed by atoms with van der Waals surface area (Å²) in [6, 6.07) is 8.16. The Hall–Kier alpha value is -1.55. The van der Waals surface area contributed by atoms with Gasteiger partial charge in [0, 0.05) is 31.4 Å². The maximum atomic E-state index is 11.6. The van der Waals surface area contributed by atoms with Crippen LogP contribution in [0, 0.1) is 5.92 Å². The lowest BCUT2D eigenvalue weighted by Gasteiger charge is -2.37. The SMILES string of the molecule is COC(=O)c1cccc(N2CCN[C@H](C(C)C)C2)c1. The second kappa shape index (κ2) is 6.06. The number of esters is 1. The van der Waals surface area contributed by atoms with Gasteiger partial charge in [-0.1, -0.05) is 19.9 Å². The van der Waals surface area contributed by atoms with E-state index in [0.29, 0.717) is 17.5 Å². The third-order valence-corrected chi connectivity index (χ3v) is 3.64. The molecule has 1 atom stereocenters. The van der Waals surface area contributed by atoms with Gasteiger partial charge in [0.15, 0.2) is 0 Å². The van der Waals surface area contributed by atoms with Crippen molar-refractivity contribution >= 4 is 11.7 Å². The zero-order chi connectivity index (χ0) is 13.8. The number of hydrogen-bond donors (Lipinski definition) is 1. The molecule has 1 aromatic carbocycles. The van der Waals surface area contributed by atoms with Gasteiger partial charge in [0.25, 0.3) is 0 Å². The average molecular weight is 262 g/mol. The first kappa shape index (κ1) is 13.9. The first-order valence-corrected chi connectivity index (χ1v) is 6.78. The van der Waals surface area contributed by atoms with E-state index in [1.54, 1.807) is 6.07 Å². The predicted octanol–water partition coefficient (Wildman–Crippen LogP) is 1.91. The number of hydrogen-bond acceptors (Lipinski definition) is 4. The molecule has 1 heterocycles. The largest absolute Gasteiger partial charge is 0.465 e. The molecule has 104 valence electrons. The molecule has 1 aliphatic rings. The monoisotopic (exact) mass is 262 g/mol. The van der Waals surface area contributed by atoms with Gasteiger partial charge in [0.05, 0.1) is 12.7 Å². The number of carbonyl (C=O) groups excluding carboxylic acids is 1. The zero-order valence-corrected chi connectivity index (χ0v) is 11.8. The number of anilines is 1. The molecular weight excluding hydrogens is 240 g/mol. The van der Waals surface area contributed by atoms with E-state index < -0.39 is 0 Å². The second-order valence-corrected chi connectivity index (χ2v) is 5.29. The van der Waals surface area contributed by atoms with Crippen LogP contribution in [0.2, 0.25) is 0 Å². The summed E-state index contributed by atoms with van der Waals surface area (Å²) >= 11 is 0. The minimum absolute atomic E-state index is 0.280. The van der Waals surface area contributed by atoms with Crippen LogP contribution in [0.4, 0.5) is 5.69 Å². The summed E-state index contributed by atoms with van der Waals surface area (Å²) in [4.78, 5) is 13.9. The van der Waals surface area contributed by atoms with Crippen molar-refractivity contribution in [3.8, 4) is 0 Å². The normalized spacial score (nSPS) is 19.6. The van der Waals surface area contributed by atoms with Crippen molar-refractivity contribution in [1.82, 2.24) is 5.32 Å². The number of carbonyl (C=O) groups is 1. The average Bonchev–Trinajstić information content (AvgIpc) is 2.46. The molecule has 19 heavy (non-hydrogen) atoms. The van der Waals surface area contributed by atoms with Crippen LogP contribution in [-0.2, 0) is 4.74 Å². The van der Waals surface area contributed by atoms with Crippen molar-refractivity contribution in [2.75, 3.05) is 31.6 Å². The van der Waals surface area contributed by atoms with E-state index >= 15 is 0 Å². The summed E-state index contributed by atoms with van der Waals surface area (Å²) in [7, 11) is 1.41. The standard InChI is InChI=1S/C15H22N2O2/c1-11(2)14-10-17(8-7-16-14)13-6-4-5-12(9-13)15(18)19-3/h4-6,9,11,14,16H,7-8,10H2,1-3H3/t14-/m0/s1. The van der Waals surface area contributed by atoms with E-state index in [1.165, 1.54) is 7.11 Å². The van der Waals surface area contributed by atoms with Crippen molar-refractivity contribution in [2.45, 2.75) is 19.9 Å². The van der Waals surface area contributed by atoms with Crippen LogP contribution in [0.25, 0.3) is 0 Å². The van der Waals surface area contributed by atoms with E-state index in [9.17, 15) is 4.79 Å². The van der Waals surface area contributed by atoms with Crippen LogP contribution in [0.1, 0.15) is 24.2 Å². The molecule has 0 saturated carbocycles. The number of nitrogens with one attached hydrogen (secondary N) is 1. The minimum Gasteiger partial charge on any atom is -0.465 e. The quantitative estimate of drug-likeness (QED) is 0.845. The van der Waals surface area contributed by atoms with Crippen molar-refractivity contribution < 1.29 is 9.53 Å². The number of rotatable bonds is 3.